The van der Waals surface area contributed by atoms with E-state index in [0.717, 1.165) is 32.1 Å². The molecule has 8 heteroatoms. The summed E-state index contributed by atoms with van der Waals surface area (Å²) in [7, 11) is 0. The number of aliphatic hydroxyl groups is 5. The highest BCUT2D eigenvalue weighted by Crippen LogP contribution is 2.10. The van der Waals surface area contributed by atoms with Crippen LogP contribution in [0.1, 0.15) is 51.9 Å². The van der Waals surface area contributed by atoms with Gasteiger partial charge in [0, 0.05) is 13.1 Å². The SMILES string of the molecule is CCCCCCCCN(CCC(=O)O)CC(O)C(O)C(O)C(O)CO. The monoisotopic (exact) mass is 365 g/mol. The molecule has 0 aliphatic heterocycles. The maximum atomic E-state index is 10.8. The quantitative estimate of drug-likeness (QED) is 0.202. The average molecular weight is 365 g/mol. The van der Waals surface area contributed by atoms with E-state index in [0.29, 0.717) is 6.54 Å². The van der Waals surface area contributed by atoms with Gasteiger partial charge in [0.2, 0.25) is 0 Å². The highest BCUT2D eigenvalue weighted by molar-refractivity contribution is 5.66. The predicted octanol–water partition coefficient (Wildman–Crippen LogP) is -0.440. The molecule has 0 saturated heterocycles. The van der Waals surface area contributed by atoms with E-state index in [4.69, 9.17) is 10.2 Å². The number of carboxylic acids is 1. The molecule has 0 rings (SSSR count). The lowest BCUT2D eigenvalue weighted by atomic mass is 10.0. The van der Waals surface area contributed by atoms with Gasteiger partial charge in [-0.1, -0.05) is 39.0 Å². The lowest BCUT2D eigenvalue weighted by molar-refractivity contribution is -0.138. The molecule has 0 saturated carbocycles. The van der Waals surface area contributed by atoms with Gasteiger partial charge in [-0.2, -0.15) is 0 Å². The van der Waals surface area contributed by atoms with E-state index in [2.05, 4.69) is 6.92 Å². The second-order valence-corrected chi connectivity index (χ2v) is 6.51. The number of carboxylic acid groups (broad SMARTS) is 1. The highest BCUT2D eigenvalue weighted by atomic mass is 16.4. The van der Waals surface area contributed by atoms with Crippen molar-refractivity contribution in [2.24, 2.45) is 0 Å². The number of aliphatic carboxylic acids is 1. The second-order valence-electron chi connectivity index (χ2n) is 6.51. The van der Waals surface area contributed by atoms with Crippen LogP contribution in [0, 0.1) is 0 Å². The Morgan fingerprint density at radius 3 is 2.00 bits per heavy atom. The molecule has 0 aliphatic rings. The molecule has 4 unspecified atom stereocenters. The number of hydrogen-bond donors (Lipinski definition) is 6. The molecule has 6 N–H and O–H groups in total. The standard InChI is InChI=1S/C17H35NO7/c1-2-3-4-5-6-7-9-18(10-8-15(22)23)11-13(20)16(24)17(25)14(21)12-19/h13-14,16-17,19-21,24-25H,2-12H2,1H3,(H,22,23). The molecule has 0 aromatic carbocycles. The van der Waals surface area contributed by atoms with Gasteiger partial charge in [-0.25, -0.2) is 0 Å². The third-order valence-corrected chi connectivity index (χ3v) is 4.24. The number of rotatable bonds is 16. The maximum absolute atomic E-state index is 10.8. The van der Waals surface area contributed by atoms with Gasteiger partial charge in [0.15, 0.2) is 0 Å². The summed E-state index contributed by atoms with van der Waals surface area (Å²) in [5.41, 5.74) is 0. The predicted molar refractivity (Wildman–Crippen MR) is 93.2 cm³/mol. The first kappa shape index (κ1) is 24.2. The van der Waals surface area contributed by atoms with Crippen LogP contribution >= 0.6 is 0 Å². The summed E-state index contributed by atoms with van der Waals surface area (Å²) in [6.45, 7) is 2.21. The Hall–Kier alpha value is -0.770. The molecule has 0 heterocycles. The molecule has 0 aromatic heterocycles. The normalized spacial score (nSPS) is 16.6. The van der Waals surface area contributed by atoms with Gasteiger partial charge >= 0.3 is 5.97 Å². The molecular weight excluding hydrogens is 330 g/mol. The number of aliphatic hydroxyl groups excluding tert-OH is 5. The van der Waals surface area contributed by atoms with Crippen molar-refractivity contribution >= 4 is 5.97 Å². The fourth-order valence-electron chi connectivity index (χ4n) is 2.60. The van der Waals surface area contributed by atoms with E-state index in [-0.39, 0.29) is 19.5 Å². The minimum Gasteiger partial charge on any atom is -0.481 e. The molecule has 0 aromatic rings. The van der Waals surface area contributed by atoms with E-state index >= 15 is 0 Å². The summed E-state index contributed by atoms with van der Waals surface area (Å²) >= 11 is 0. The molecule has 8 nitrogen and oxygen atoms in total. The van der Waals surface area contributed by atoms with Gasteiger partial charge in [-0.05, 0) is 13.0 Å². The third kappa shape index (κ3) is 11.5. The summed E-state index contributed by atoms with van der Waals surface area (Å²) in [5.74, 6) is -0.946. The van der Waals surface area contributed by atoms with Crippen LogP contribution in [0.3, 0.4) is 0 Å². The van der Waals surface area contributed by atoms with Gasteiger partial charge in [0.05, 0.1) is 19.1 Å². The van der Waals surface area contributed by atoms with E-state index in [9.17, 15) is 25.2 Å². The molecule has 4 atom stereocenters. The van der Waals surface area contributed by atoms with E-state index in [1.165, 1.54) is 6.42 Å². The highest BCUT2D eigenvalue weighted by Gasteiger charge is 2.31. The van der Waals surface area contributed by atoms with Crippen LogP contribution in [0.2, 0.25) is 0 Å². The first-order valence-electron chi connectivity index (χ1n) is 9.10. The molecule has 0 radical (unpaired) electrons. The lowest BCUT2D eigenvalue weighted by Crippen LogP contribution is -2.50. The van der Waals surface area contributed by atoms with Crippen molar-refractivity contribution in [2.45, 2.75) is 76.3 Å². The van der Waals surface area contributed by atoms with Gasteiger partial charge in [0.25, 0.3) is 0 Å². The zero-order chi connectivity index (χ0) is 19.2. The maximum Gasteiger partial charge on any atom is 0.304 e. The van der Waals surface area contributed by atoms with E-state index in [1.54, 1.807) is 4.90 Å². The number of unbranched alkanes of at least 4 members (excludes halogenated alkanes) is 5. The summed E-state index contributed by atoms with van der Waals surface area (Å²) in [6, 6.07) is 0. The number of carbonyl (C=O) groups is 1. The zero-order valence-electron chi connectivity index (χ0n) is 15.1. The molecule has 150 valence electrons. The topological polar surface area (TPSA) is 142 Å². The molecule has 0 bridgehead atoms. The fraction of sp³-hybridized carbons (Fsp3) is 0.941. The van der Waals surface area contributed by atoms with Crippen LogP contribution < -0.4 is 0 Å². The van der Waals surface area contributed by atoms with Crippen molar-refractivity contribution in [3.05, 3.63) is 0 Å². The molecule has 0 amide bonds. The van der Waals surface area contributed by atoms with Crippen molar-refractivity contribution in [2.75, 3.05) is 26.2 Å². The van der Waals surface area contributed by atoms with Crippen molar-refractivity contribution in [3.63, 3.8) is 0 Å². The summed E-state index contributed by atoms with van der Waals surface area (Å²) in [6.07, 6.45) is 0.207. The van der Waals surface area contributed by atoms with Crippen LogP contribution in [-0.4, -0.2) is 92.2 Å². The van der Waals surface area contributed by atoms with Crippen LogP contribution in [-0.2, 0) is 4.79 Å². The number of nitrogens with zero attached hydrogens (tertiary/aromatic N) is 1. The largest absolute Gasteiger partial charge is 0.481 e. The van der Waals surface area contributed by atoms with Crippen molar-refractivity contribution in [1.29, 1.82) is 0 Å². The summed E-state index contributed by atoms with van der Waals surface area (Å²) in [4.78, 5) is 12.5. The van der Waals surface area contributed by atoms with Crippen LogP contribution in [0.15, 0.2) is 0 Å². The Balaban J connectivity index is 4.41. The fourth-order valence-corrected chi connectivity index (χ4v) is 2.60. The van der Waals surface area contributed by atoms with Gasteiger partial charge in [0.1, 0.15) is 18.3 Å². The minimum absolute atomic E-state index is 0.0153. The Morgan fingerprint density at radius 1 is 0.880 bits per heavy atom. The van der Waals surface area contributed by atoms with Crippen LogP contribution in [0.4, 0.5) is 0 Å². The minimum atomic E-state index is -1.67. The average Bonchev–Trinajstić information content (AvgIpc) is 2.59. The van der Waals surface area contributed by atoms with Gasteiger partial charge in [-0.15, -0.1) is 0 Å². The van der Waals surface area contributed by atoms with Crippen LogP contribution in [0.25, 0.3) is 0 Å². The second kappa shape index (κ2) is 14.4. The van der Waals surface area contributed by atoms with Crippen molar-refractivity contribution in [3.8, 4) is 0 Å². The molecular formula is C17H35NO7. The first-order valence-corrected chi connectivity index (χ1v) is 9.10. The smallest absolute Gasteiger partial charge is 0.304 e. The summed E-state index contributed by atoms with van der Waals surface area (Å²) in [5, 5.41) is 56.5. The van der Waals surface area contributed by atoms with Gasteiger partial charge in [-0.3, -0.25) is 4.79 Å². The van der Waals surface area contributed by atoms with Crippen LogP contribution in [0.5, 0.6) is 0 Å². The number of hydrogen-bond acceptors (Lipinski definition) is 7. The third-order valence-electron chi connectivity index (χ3n) is 4.24. The molecule has 0 spiro atoms. The zero-order valence-corrected chi connectivity index (χ0v) is 15.1. The van der Waals surface area contributed by atoms with Crippen molar-refractivity contribution in [1.82, 2.24) is 4.90 Å². The van der Waals surface area contributed by atoms with Crippen molar-refractivity contribution < 1.29 is 35.4 Å². The van der Waals surface area contributed by atoms with E-state index in [1.807, 2.05) is 0 Å². The Morgan fingerprint density at radius 2 is 1.44 bits per heavy atom. The summed E-state index contributed by atoms with van der Waals surface area (Å²) < 4.78 is 0. The first-order chi connectivity index (χ1) is 11.8. The molecule has 0 fully saturated rings. The van der Waals surface area contributed by atoms with Gasteiger partial charge < -0.3 is 35.5 Å². The Bertz CT molecular complexity index is 343. The molecule has 0 aliphatic carbocycles. The molecule has 25 heavy (non-hydrogen) atoms. The lowest BCUT2D eigenvalue weighted by Gasteiger charge is -2.30. The Kier molecular flexibility index (Phi) is 14.0. The Labute approximate surface area is 149 Å². The van der Waals surface area contributed by atoms with E-state index < -0.39 is 37.0 Å².